The first-order valence-corrected chi connectivity index (χ1v) is 6.46. The van der Waals surface area contributed by atoms with Gasteiger partial charge in [-0.25, -0.2) is 4.98 Å². The third-order valence-electron chi connectivity index (χ3n) is 3.40. The highest BCUT2D eigenvalue weighted by Gasteiger charge is 2.33. The third kappa shape index (κ3) is 1.91. The molecule has 0 saturated carbocycles. The zero-order chi connectivity index (χ0) is 11.8. The Morgan fingerprint density at radius 3 is 2.94 bits per heavy atom. The van der Waals surface area contributed by atoms with Crippen molar-refractivity contribution in [1.29, 1.82) is 0 Å². The molecule has 4 N–H and O–H groups in total. The maximum atomic E-state index is 5.38. The molecular weight excluding hydrogens is 220 g/mol. The van der Waals surface area contributed by atoms with Crippen molar-refractivity contribution in [3.63, 3.8) is 0 Å². The number of aliphatic imine (C=N–C) groups is 1. The molecule has 0 bridgehead atoms. The molecule has 5 heteroatoms. The van der Waals surface area contributed by atoms with Crippen LogP contribution in [0.5, 0.6) is 0 Å². The van der Waals surface area contributed by atoms with Crippen molar-refractivity contribution >= 4 is 22.4 Å². The molecule has 1 aliphatic rings. The van der Waals surface area contributed by atoms with Crippen LogP contribution < -0.4 is 11.5 Å². The molecule has 0 amide bonds. The SMILES string of the molecule is CCC1(C)CCCc2sc(N=C(N)N)nc21. The quantitative estimate of drug-likeness (QED) is 0.611. The summed E-state index contributed by atoms with van der Waals surface area (Å²) in [4.78, 5) is 9.99. The summed E-state index contributed by atoms with van der Waals surface area (Å²) < 4.78 is 0. The van der Waals surface area contributed by atoms with Crippen LogP contribution in [-0.4, -0.2) is 10.9 Å². The lowest BCUT2D eigenvalue weighted by Gasteiger charge is -2.31. The molecule has 0 saturated heterocycles. The van der Waals surface area contributed by atoms with Crippen molar-refractivity contribution in [2.24, 2.45) is 16.5 Å². The fourth-order valence-electron chi connectivity index (χ4n) is 2.24. The van der Waals surface area contributed by atoms with Gasteiger partial charge in [-0.2, -0.15) is 4.99 Å². The zero-order valence-electron chi connectivity index (χ0n) is 9.79. The van der Waals surface area contributed by atoms with E-state index in [2.05, 4.69) is 23.8 Å². The molecule has 1 unspecified atom stereocenters. The molecule has 1 atom stereocenters. The number of fused-ring (bicyclic) bond motifs is 1. The van der Waals surface area contributed by atoms with Crippen molar-refractivity contribution in [2.45, 2.75) is 44.9 Å². The van der Waals surface area contributed by atoms with Crippen LogP contribution >= 0.6 is 11.3 Å². The van der Waals surface area contributed by atoms with Gasteiger partial charge in [-0.3, -0.25) is 0 Å². The summed E-state index contributed by atoms with van der Waals surface area (Å²) in [5, 5.41) is 0.701. The minimum atomic E-state index is 0.0873. The van der Waals surface area contributed by atoms with Crippen LogP contribution in [0.2, 0.25) is 0 Å². The molecule has 0 spiro atoms. The Morgan fingerprint density at radius 1 is 1.56 bits per heavy atom. The summed E-state index contributed by atoms with van der Waals surface area (Å²) in [6.07, 6.45) is 4.68. The van der Waals surface area contributed by atoms with E-state index in [1.165, 1.54) is 23.4 Å². The number of aromatic nitrogens is 1. The monoisotopic (exact) mass is 238 g/mol. The molecule has 1 aromatic rings. The summed E-state index contributed by atoms with van der Waals surface area (Å²) in [6.45, 7) is 4.50. The summed E-state index contributed by atoms with van der Waals surface area (Å²) in [6, 6.07) is 0. The van der Waals surface area contributed by atoms with Crippen molar-refractivity contribution in [3.05, 3.63) is 10.6 Å². The lowest BCUT2D eigenvalue weighted by molar-refractivity contribution is 0.374. The molecule has 0 fully saturated rings. The first-order chi connectivity index (χ1) is 7.55. The molecule has 2 rings (SSSR count). The Balaban J connectivity index is 2.42. The van der Waals surface area contributed by atoms with Gasteiger partial charge in [0, 0.05) is 10.3 Å². The second-order valence-corrected chi connectivity index (χ2v) is 5.63. The van der Waals surface area contributed by atoms with Gasteiger partial charge in [-0.05, 0) is 25.7 Å². The van der Waals surface area contributed by atoms with Gasteiger partial charge in [0.2, 0.25) is 5.13 Å². The van der Waals surface area contributed by atoms with E-state index in [4.69, 9.17) is 11.5 Å². The van der Waals surface area contributed by atoms with E-state index in [-0.39, 0.29) is 11.4 Å². The van der Waals surface area contributed by atoms with E-state index in [9.17, 15) is 0 Å². The van der Waals surface area contributed by atoms with Crippen molar-refractivity contribution < 1.29 is 0 Å². The van der Waals surface area contributed by atoms with Crippen molar-refractivity contribution in [1.82, 2.24) is 4.98 Å². The standard InChI is InChI=1S/C11H18N4S/c1-3-11(2)6-4-5-7-8(11)14-10(16-7)15-9(12)13/h3-6H2,1-2H3,(H4,12,13,14,15). The lowest BCUT2D eigenvalue weighted by atomic mass is 9.75. The number of hydrogen-bond acceptors (Lipinski definition) is 3. The number of nitrogens with zero attached hydrogens (tertiary/aromatic N) is 2. The van der Waals surface area contributed by atoms with Gasteiger partial charge in [0.25, 0.3) is 0 Å². The van der Waals surface area contributed by atoms with Crippen LogP contribution in [0.3, 0.4) is 0 Å². The smallest absolute Gasteiger partial charge is 0.212 e. The molecule has 0 radical (unpaired) electrons. The molecule has 0 aliphatic heterocycles. The van der Waals surface area contributed by atoms with E-state index < -0.39 is 0 Å². The molecule has 4 nitrogen and oxygen atoms in total. The van der Waals surface area contributed by atoms with Gasteiger partial charge in [0.1, 0.15) is 0 Å². The van der Waals surface area contributed by atoms with Crippen LogP contribution in [0.4, 0.5) is 5.13 Å². The molecule has 16 heavy (non-hydrogen) atoms. The van der Waals surface area contributed by atoms with Crippen LogP contribution in [0.25, 0.3) is 0 Å². The van der Waals surface area contributed by atoms with E-state index in [0.29, 0.717) is 5.13 Å². The van der Waals surface area contributed by atoms with Crippen molar-refractivity contribution in [3.8, 4) is 0 Å². The lowest BCUT2D eigenvalue weighted by Crippen LogP contribution is -2.26. The Labute approximate surface area is 99.8 Å². The minimum Gasteiger partial charge on any atom is -0.370 e. The Hall–Kier alpha value is -1.10. The molecular formula is C11H18N4S. The summed E-state index contributed by atoms with van der Waals surface area (Å²) >= 11 is 1.62. The number of hydrogen-bond donors (Lipinski definition) is 2. The van der Waals surface area contributed by atoms with Crippen molar-refractivity contribution in [2.75, 3.05) is 0 Å². The van der Waals surface area contributed by atoms with Gasteiger partial charge >= 0.3 is 0 Å². The van der Waals surface area contributed by atoms with Crippen LogP contribution in [-0.2, 0) is 11.8 Å². The fraction of sp³-hybridized carbons (Fsp3) is 0.636. The van der Waals surface area contributed by atoms with E-state index in [0.717, 1.165) is 12.8 Å². The predicted octanol–water partition coefficient (Wildman–Crippen LogP) is 2.05. The molecule has 1 aliphatic carbocycles. The van der Waals surface area contributed by atoms with Gasteiger partial charge in [-0.15, -0.1) is 0 Å². The zero-order valence-corrected chi connectivity index (χ0v) is 10.6. The Morgan fingerprint density at radius 2 is 2.31 bits per heavy atom. The average Bonchev–Trinajstić information content (AvgIpc) is 2.61. The molecule has 1 heterocycles. The maximum Gasteiger partial charge on any atom is 0.212 e. The average molecular weight is 238 g/mol. The predicted molar refractivity (Wildman–Crippen MR) is 68.2 cm³/mol. The highest BCUT2D eigenvalue weighted by atomic mass is 32.1. The normalized spacial score (nSPS) is 23.9. The first-order valence-electron chi connectivity index (χ1n) is 5.65. The van der Waals surface area contributed by atoms with Gasteiger partial charge in [-0.1, -0.05) is 25.2 Å². The number of guanidine groups is 1. The van der Waals surface area contributed by atoms with E-state index in [1.807, 2.05) is 0 Å². The number of thiazole rings is 1. The number of nitrogens with two attached hydrogens (primary N) is 2. The summed E-state index contributed by atoms with van der Waals surface area (Å²) in [7, 11) is 0. The molecule has 0 aromatic carbocycles. The first kappa shape index (κ1) is 11.4. The molecule has 88 valence electrons. The Bertz CT molecular complexity index is 420. The number of aryl methyl sites for hydroxylation is 1. The van der Waals surface area contributed by atoms with Gasteiger partial charge in [0.05, 0.1) is 5.69 Å². The minimum absolute atomic E-state index is 0.0873. The highest BCUT2D eigenvalue weighted by molar-refractivity contribution is 7.15. The van der Waals surface area contributed by atoms with Crippen LogP contribution in [0, 0.1) is 0 Å². The van der Waals surface area contributed by atoms with Gasteiger partial charge in [0.15, 0.2) is 5.96 Å². The second kappa shape index (κ2) is 4.05. The van der Waals surface area contributed by atoms with E-state index >= 15 is 0 Å². The topological polar surface area (TPSA) is 77.3 Å². The fourth-order valence-corrected chi connectivity index (χ4v) is 3.38. The third-order valence-corrected chi connectivity index (χ3v) is 4.40. The van der Waals surface area contributed by atoms with Gasteiger partial charge < -0.3 is 11.5 Å². The molecule has 1 aromatic heterocycles. The summed E-state index contributed by atoms with van der Waals surface area (Å²) in [5.41, 5.74) is 12.2. The highest BCUT2D eigenvalue weighted by Crippen LogP contribution is 2.43. The number of rotatable bonds is 2. The summed E-state index contributed by atoms with van der Waals surface area (Å²) in [5.74, 6) is 0.0873. The largest absolute Gasteiger partial charge is 0.370 e. The Kier molecular flexibility index (Phi) is 2.88. The van der Waals surface area contributed by atoms with Crippen LogP contribution in [0.1, 0.15) is 43.7 Å². The van der Waals surface area contributed by atoms with E-state index in [1.54, 1.807) is 11.3 Å². The maximum absolute atomic E-state index is 5.38. The second-order valence-electron chi connectivity index (χ2n) is 4.57. The van der Waals surface area contributed by atoms with Crippen LogP contribution in [0.15, 0.2) is 4.99 Å².